The van der Waals surface area contributed by atoms with Crippen LogP contribution in [0, 0.1) is 13.8 Å². The molecular formula is C19H15ClO2. The fourth-order valence-electron chi connectivity index (χ4n) is 2.29. The Morgan fingerprint density at radius 2 is 1.82 bits per heavy atom. The van der Waals surface area contributed by atoms with E-state index in [0.29, 0.717) is 16.4 Å². The molecule has 0 amide bonds. The number of aryl methyl sites for hydroxylation is 2. The van der Waals surface area contributed by atoms with Crippen molar-refractivity contribution in [1.29, 1.82) is 0 Å². The maximum absolute atomic E-state index is 12.0. The Hall–Kier alpha value is -2.32. The zero-order valence-electron chi connectivity index (χ0n) is 12.4. The zero-order valence-corrected chi connectivity index (χ0v) is 13.1. The minimum absolute atomic E-state index is 0.354. The Morgan fingerprint density at radius 1 is 1.05 bits per heavy atom. The Morgan fingerprint density at radius 3 is 2.55 bits per heavy atom. The molecule has 3 rings (SSSR count). The molecule has 0 aliphatic carbocycles. The smallest absolute Gasteiger partial charge is 0.343 e. The van der Waals surface area contributed by atoms with E-state index < -0.39 is 0 Å². The number of ether oxygens (including phenoxy) is 1. The molecule has 22 heavy (non-hydrogen) atoms. The molecule has 1 heterocycles. The Balaban J connectivity index is 1.98. The van der Waals surface area contributed by atoms with Crippen LogP contribution in [0.25, 0.3) is 11.8 Å². The van der Waals surface area contributed by atoms with Gasteiger partial charge in [-0.05, 0) is 54.8 Å². The first-order valence-corrected chi connectivity index (χ1v) is 7.40. The molecule has 0 saturated heterocycles. The first kappa shape index (κ1) is 14.6. The van der Waals surface area contributed by atoms with Gasteiger partial charge in [-0.25, -0.2) is 4.79 Å². The second kappa shape index (κ2) is 5.82. The maximum atomic E-state index is 12.0. The molecule has 0 aromatic heterocycles. The molecule has 3 heteroatoms. The number of cyclic esters (lactones) is 1. The quantitative estimate of drug-likeness (QED) is 0.580. The fourth-order valence-corrected chi connectivity index (χ4v) is 2.48. The maximum Gasteiger partial charge on any atom is 0.343 e. The summed E-state index contributed by atoms with van der Waals surface area (Å²) in [5.74, 6) is 0.222. The van der Waals surface area contributed by atoms with Crippen LogP contribution in [0.15, 0.2) is 54.1 Å². The third kappa shape index (κ3) is 2.83. The highest BCUT2D eigenvalue weighted by Crippen LogP contribution is 2.29. The first-order chi connectivity index (χ1) is 10.5. The van der Waals surface area contributed by atoms with Gasteiger partial charge in [0.25, 0.3) is 0 Å². The number of benzene rings is 2. The number of rotatable bonds is 2. The van der Waals surface area contributed by atoms with Crippen molar-refractivity contribution >= 4 is 29.4 Å². The lowest BCUT2D eigenvalue weighted by Gasteiger charge is -2.05. The first-order valence-electron chi connectivity index (χ1n) is 7.02. The molecule has 1 aliphatic heterocycles. The second-order valence-electron chi connectivity index (χ2n) is 5.32. The van der Waals surface area contributed by atoms with Gasteiger partial charge in [0, 0.05) is 10.6 Å². The van der Waals surface area contributed by atoms with Crippen LogP contribution >= 0.6 is 11.6 Å². The van der Waals surface area contributed by atoms with Crippen molar-refractivity contribution in [3.63, 3.8) is 0 Å². The zero-order chi connectivity index (χ0) is 15.7. The largest absolute Gasteiger partial charge is 0.422 e. The summed E-state index contributed by atoms with van der Waals surface area (Å²) in [5.41, 5.74) is 4.58. The Kier molecular flexibility index (Phi) is 3.86. The highest BCUT2D eigenvalue weighted by atomic mass is 35.5. The Bertz CT molecular complexity index is 816. The third-order valence-electron chi connectivity index (χ3n) is 3.73. The summed E-state index contributed by atoms with van der Waals surface area (Å²) in [4.78, 5) is 12.0. The van der Waals surface area contributed by atoms with Crippen molar-refractivity contribution in [2.45, 2.75) is 13.8 Å². The summed E-state index contributed by atoms with van der Waals surface area (Å²) < 4.78 is 5.38. The van der Waals surface area contributed by atoms with Gasteiger partial charge in [-0.15, -0.1) is 0 Å². The number of hydrogen-bond donors (Lipinski definition) is 0. The molecule has 0 N–H and O–H groups in total. The summed E-state index contributed by atoms with van der Waals surface area (Å²) in [7, 11) is 0. The fraction of sp³-hybridized carbons (Fsp3) is 0.105. The van der Waals surface area contributed by atoms with Crippen LogP contribution in [0.1, 0.15) is 22.3 Å². The van der Waals surface area contributed by atoms with Crippen molar-refractivity contribution in [2.75, 3.05) is 0 Å². The summed E-state index contributed by atoms with van der Waals surface area (Å²) in [6.07, 6.45) is 3.51. The van der Waals surface area contributed by atoms with E-state index in [4.69, 9.17) is 16.3 Å². The standard InChI is InChI=1S/C19H15ClO2/c1-12-7-8-15(9-13(12)2)18-11-16(19(21)22-18)10-14-5-3-4-6-17(14)20/h3-11H,1-2H3/b16-10+. The van der Waals surface area contributed by atoms with Crippen LogP contribution in [0.5, 0.6) is 0 Å². The van der Waals surface area contributed by atoms with Crippen LogP contribution < -0.4 is 0 Å². The summed E-state index contributed by atoms with van der Waals surface area (Å²) >= 11 is 6.12. The molecule has 0 saturated carbocycles. The van der Waals surface area contributed by atoms with Gasteiger partial charge < -0.3 is 4.74 Å². The highest BCUT2D eigenvalue weighted by Gasteiger charge is 2.22. The SMILES string of the molecule is Cc1ccc(C2=C/C(=C\c3ccccc3Cl)C(=O)O2)cc1C. The van der Waals surface area contributed by atoms with E-state index in [0.717, 1.165) is 16.7 Å². The molecule has 1 aliphatic rings. The number of esters is 1. The van der Waals surface area contributed by atoms with Gasteiger partial charge in [0.2, 0.25) is 0 Å². The minimum atomic E-state index is -0.354. The van der Waals surface area contributed by atoms with Crippen LogP contribution in [-0.4, -0.2) is 5.97 Å². The van der Waals surface area contributed by atoms with E-state index in [-0.39, 0.29) is 5.97 Å². The normalized spacial score (nSPS) is 15.9. The van der Waals surface area contributed by atoms with E-state index in [9.17, 15) is 4.79 Å². The monoisotopic (exact) mass is 310 g/mol. The van der Waals surface area contributed by atoms with E-state index >= 15 is 0 Å². The van der Waals surface area contributed by atoms with Gasteiger partial charge in [-0.2, -0.15) is 0 Å². The van der Waals surface area contributed by atoms with Gasteiger partial charge in [0.1, 0.15) is 5.76 Å². The van der Waals surface area contributed by atoms with Gasteiger partial charge in [0.05, 0.1) is 5.57 Å². The van der Waals surface area contributed by atoms with Crippen LogP contribution in [0.2, 0.25) is 5.02 Å². The van der Waals surface area contributed by atoms with Crippen molar-refractivity contribution in [3.05, 3.63) is 81.4 Å². The van der Waals surface area contributed by atoms with Crippen LogP contribution in [-0.2, 0) is 9.53 Å². The molecule has 110 valence electrons. The molecule has 0 bridgehead atoms. The lowest BCUT2D eigenvalue weighted by molar-refractivity contribution is -0.130. The molecule has 0 radical (unpaired) electrons. The predicted octanol–water partition coefficient (Wildman–Crippen LogP) is 4.94. The summed E-state index contributed by atoms with van der Waals surface area (Å²) in [6.45, 7) is 4.09. The molecule has 0 fully saturated rings. The van der Waals surface area contributed by atoms with Crippen LogP contribution in [0.3, 0.4) is 0 Å². The molecule has 2 nitrogen and oxygen atoms in total. The number of carbonyl (C=O) groups is 1. The van der Waals surface area contributed by atoms with Gasteiger partial charge in [0.15, 0.2) is 0 Å². The summed E-state index contributed by atoms with van der Waals surface area (Å²) in [5, 5.41) is 0.607. The van der Waals surface area contributed by atoms with E-state index in [1.165, 1.54) is 5.56 Å². The second-order valence-corrected chi connectivity index (χ2v) is 5.73. The Labute approximate surface area is 134 Å². The molecule has 0 atom stereocenters. The van der Waals surface area contributed by atoms with Gasteiger partial charge in [-0.3, -0.25) is 0 Å². The van der Waals surface area contributed by atoms with Gasteiger partial charge in [-0.1, -0.05) is 41.9 Å². The van der Waals surface area contributed by atoms with E-state index in [2.05, 4.69) is 6.92 Å². The average molecular weight is 311 g/mol. The molecular weight excluding hydrogens is 296 g/mol. The van der Waals surface area contributed by atoms with Crippen molar-refractivity contribution in [2.24, 2.45) is 0 Å². The number of carbonyl (C=O) groups excluding carboxylic acids is 1. The van der Waals surface area contributed by atoms with E-state index in [1.807, 2.05) is 43.3 Å². The van der Waals surface area contributed by atoms with Crippen molar-refractivity contribution in [3.8, 4) is 0 Å². The van der Waals surface area contributed by atoms with Crippen molar-refractivity contribution in [1.82, 2.24) is 0 Å². The average Bonchev–Trinajstić information content (AvgIpc) is 2.85. The molecule has 0 spiro atoms. The number of halogens is 1. The van der Waals surface area contributed by atoms with Crippen LogP contribution in [0.4, 0.5) is 0 Å². The topological polar surface area (TPSA) is 26.3 Å². The molecule has 0 unspecified atom stereocenters. The highest BCUT2D eigenvalue weighted by molar-refractivity contribution is 6.32. The lowest BCUT2D eigenvalue weighted by Crippen LogP contribution is -1.97. The molecule has 2 aromatic carbocycles. The summed E-state index contributed by atoms with van der Waals surface area (Å²) in [6, 6.07) is 13.4. The van der Waals surface area contributed by atoms with Crippen molar-refractivity contribution < 1.29 is 9.53 Å². The number of hydrogen-bond acceptors (Lipinski definition) is 2. The minimum Gasteiger partial charge on any atom is -0.422 e. The molecule has 2 aromatic rings. The van der Waals surface area contributed by atoms with E-state index in [1.54, 1.807) is 18.2 Å². The van der Waals surface area contributed by atoms with Gasteiger partial charge >= 0.3 is 5.97 Å². The predicted molar refractivity (Wildman–Crippen MR) is 89.4 cm³/mol. The third-order valence-corrected chi connectivity index (χ3v) is 4.08. The lowest BCUT2D eigenvalue weighted by atomic mass is 10.0.